The van der Waals surface area contributed by atoms with Crippen LogP contribution in [0.5, 0.6) is 0 Å². The maximum absolute atomic E-state index is 10.7. The zero-order chi connectivity index (χ0) is 13.4. The van der Waals surface area contributed by atoms with Crippen LogP contribution in [0.2, 0.25) is 5.02 Å². The van der Waals surface area contributed by atoms with E-state index in [0.29, 0.717) is 6.54 Å². The summed E-state index contributed by atoms with van der Waals surface area (Å²) in [6.45, 7) is 0.470. The van der Waals surface area contributed by atoms with Crippen LogP contribution in [-0.4, -0.2) is 14.7 Å². The van der Waals surface area contributed by atoms with Crippen LogP contribution in [0.25, 0.3) is 10.1 Å². The second-order valence-corrected chi connectivity index (χ2v) is 5.33. The third-order valence-electron chi connectivity index (χ3n) is 2.77. The van der Waals surface area contributed by atoms with E-state index in [2.05, 4.69) is 5.10 Å². The van der Waals surface area contributed by atoms with Crippen molar-refractivity contribution in [1.82, 2.24) is 9.78 Å². The van der Waals surface area contributed by atoms with Gasteiger partial charge < -0.3 is 10.1 Å². The lowest BCUT2D eigenvalue weighted by atomic mass is 10.2. The maximum Gasteiger partial charge on any atom is 0.408 e. The maximum atomic E-state index is 10.7. The largest absolute Gasteiger partial charge is 0.408 e. The monoisotopic (exact) mass is 293 g/mol. The van der Waals surface area contributed by atoms with Crippen molar-refractivity contribution >= 4 is 38.8 Å². The molecule has 2 aromatic heterocycles. The molecule has 0 saturated carbocycles. The van der Waals surface area contributed by atoms with Crippen molar-refractivity contribution < 1.29 is 4.92 Å². The van der Waals surface area contributed by atoms with Gasteiger partial charge in [0.25, 0.3) is 0 Å². The predicted molar refractivity (Wildman–Crippen MR) is 74.8 cm³/mol. The average Bonchev–Trinajstić information content (AvgIpc) is 2.95. The van der Waals surface area contributed by atoms with Crippen molar-refractivity contribution in [2.24, 2.45) is 0 Å². The summed E-state index contributed by atoms with van der Waals surface area (Å²) < 4.78 is 2.68. The first-order valence-electron chi connectivity index (χ1n) is 5.47. The Kier molecular flexibility index (Phi) is 2.96. The Bertz CT molecular complexity index is 765. The van der Waals surface area contributed by atoms with Crippen LogP contribution >= 0.6 is 22.9 Å². The van der Waals surface area contributed by atoms with E-state index in [0.717, 1.165) is 10.9 Å². The van der Waals surface area contributed by atoms with Gasteiger partial charge in [-0.3, -0.25) is 0 Å². The minimum atomic E-state index is -0.579. The number of aromatic nitrogens is 2. The van der Waals surface area contributed by atoms with Crippen molar-refractivity contribution in [2.45, 2.75) is 6.54 Å². The van der Waals surface area contributed by atoms with Crippen LogP contribution in [0.3, 0.4) is 0 Å². The molecule has 7 heteroatoms. The fraction of sp³-hybridized carbons (Fsp3) is 0.0833. The molecule has 0 aliphatic heterocycles. The van der Waals surface area contributed by atoms with Crippen LogP contribution in [0, 0.1) is 10.1 Å². The Morgan fingerprint density at radius 2 is 2.21 bits per heavy atom. The summed E-state index contributed by atoms with van der Waals surface area (Å²) in [7, 11) is 0. The van der Waals surface area contributed by atoms with Gasteiger partial charge in [-0.05, 0) is 27.3 Å². The zero-order valence-electron chi connectivity index (χ0n) is 9.62. The van der Waals surface area contributed by atoms with Gasteiger partial charge in [-0.15, -0.1) is 11.3 Å². The van der Waals surface area contributed by atoms with E-state index in [1.807, 2.05) is 29.6 Å². The van der Waals surface area contributed by atoms with Crippen molar-refractivity contribution in [1.29, 1.82) is 0 Å². The van der Waals surface area contributed by atoms with E-state index in [9.17, 15) is 10.1 Å². The van der Waals surface area contributed by atoms with Gasteiger partial charge in [0.1, 0.15) is 0 Å². The summed E-state index contributed by atoms with van der Waals surface area (Å²) >= 11 is 7.42. The molecule has 1 aromatic carbocycles. The minimum Gasteiger partial charge on any atom is -0.358 e. The first-order chi connectivity index (χ1) is 9.15. The topological polar surface area (TPSA) is 61.0 Å². The Balaban J connectivity index is 1.97. The quantitative estimate of drug-likeness (QED) is 0.546. The number of halogens is 1. The van der Waals surface area contributed by atoms with Crippen molar-refractivity contribution in [2.75, 3.05) is 0 Å². The lowest BCUT2D eigenvalue weighted by Gasteiger charge is -1.96. The number of fused-ring (bicyclic) bond motifs is 1. The number of hydrogen-bond donors (Lipinski definition) is 0. The first-order valence-corrected chi connectivity index (χ1v) is 6.73. The van der Waals surface area contributed by atoms with Gasteiger partial charge in [0.2, 0.25) is 0 Å². The van der Waals surface area contributed by atoms with Gasteiger partial charge in [0, 0.05) is 4.70 Å². The standard InChI is InChI=1S/C12H8ClN3O2S/c13-10-6-15(14-12(10)16(17)18)5-8-7-19-11-4-2-1-3-9(8)11/h1-4,6-7H,5H2. The molecule has 0 fully saturated rings. The summed E-state index contributed by atoms with van der Waals surface area (Å²) in [5.74, 6) is -0.304. The number of hydrogen-bond acceptors (Lipinski definition) is 4. The van der Waals surface area contributed by atoms with Gasteiger partial charge in [-0.25, -0.2) is 0 Å². The third-order valence-corrected chi connectivity index (χ3v) is 4.04. The molecule has 0 bridgehead atoms. The summed E-state index contributed by atoms with van der Waals surface area (Å²) in [4.78, 5) is 10.1. The zero-order valence-corrected chi connectivity index (χ0v) is 11.2. The van der Waals surface area contributed by atoms with E-state index in [1.54, 1.807) is 11.3 Å². The van der Waals surface area contributed by atoms with Gasteiger partial charge in [0.15, 0.2) is 5.02 Å². The Hall–Kier alpha value is -1.92. The number of nitro groups is 1. The molecule has 0 spiro atoms. The van der Waals surface area contributed by atoms with Crippen molar-refractivity contribution in [3.05, 3.63) is 56.5 Å². The number of thiophene rings is 1. The normalized spacial score (nSPS) is 11.0. The Labute approximate surface area is 117 Å². The van der Waals surface area contributed by atoms with E-state index in [1.165, 1.54) is 15.6 Å². The molecule has 3 rings (SSSR count). The van der Waals surface area contributed by atoms with E-state index in [4.69, 9.17) is 11.6 Å². The molecule has 0 radical (unpaired) electrons. The Morgan fingerprint density at radius 1 is 1.42 bits per heavy atom. The predicted octanol–water partition coefficient (Wildman–Crippen LogP) is 3.71. The minimum absolute atomic E-state index is 0.0598. The highest BCUT2D eigenvalue weighted by Crippen LogP contribution is 2.27. The van der Waals surface area contributed by atoms with Crippen LogP contribution in [-0.2, 0) is 6.54 Å². The highest BCUT2D eigenvalue weighted by Gasteiger charge is 2.19. The smallest absolute Gasteiger partial charge is 0.358 e. The van der Waals surface area contributed by atoms with E-state index >= 15 is 0 Å². The molecule has 0 saturated heterocycles. The Morgan fingerprint density at radius 3 is 2.95 bits per heavy atom. The number of benzene rings is 1. The molecule has 0 amide bonds. The van der Waals surface area contributed by atoms with Gasteiger partial charge in [-0.1, -0.05) is 29.8 Å². The molecule has 0 N–H and O–H groups in total. The van der Waals surface area contributed by atoms with Crippen LogP contribution in [0.1, 0.15) is 5.56 Å². The molecular formula is C12H8ClN3O2S. The van der Waals surface area contributed by atoms with E-state index in [-0.39, 0.29) is 10.8 Å². The first kappa shape index (κ1) is 12.1. The number of nitrogens with zero attached hydrogens (tertiary/aromatic N) is 3. The summed E-state index contributed by atoms with van der Waals surface area (Å²) in [5, 5.41) is 17.8. The lowest BCUT2D eigenvalue weighted by molar-refractivity contribution is -0.389. The highest BCUT2D eigenvalue weighted by atomic mass is 35.5. The van der Waals surface area contributed by atoms with Gasteiger partial charge >= 0.3 is 5.82 Å². The average molecular weight is 294 g/mol. The van der Waals surface area contributed by atoms with Crippen LogP contribution in [0.4, 0.5) is 5.82 Å². The fourth-order valence-corrected chi connectivity index (χ4v) is 3.09. The van der Waals surface area contributed by atoms with Crippen molar-refractivity contribution in [3.8, 4) is 0 Å². The molecule has 2 heterocycles. The SMILES string of the molecule is O=[N+]([O-])c1nn(Cc2csc3ccccc23)cc1Cl. The van der Waals surface area contributed by atoms with Crippen LogP contribution < -0.4 is 0 Å². The molecule has 0 aliphatic rings. The molecule has 3 aromatic rings. The summed E-state index contributed by atoms with van der Waals surface area (Å²) in [5.41, 5.74) is 1.08. The van der Waals surface area contributed by atoms with Crippen molar-refractivity contribution in [3.63, 3.8) is 0 Å². The highest BCUT2D eigenvalue weighted by molar-refractivity contribution is 7.17. The molecular weight excluding hydrogens is 286 g/mol. The molecule has 0 atom stereocenters. The molecule has 5 nitrogen and oxygen atoms in total. The van der Waals surface area contributed by atoms with Crippen LogP contribution in [0.15, 0.2) is 35.8 Å². The lowest BCUT2D eigenvalue weighted by Crippen LogP contribution is -2.00. The molecule has 19 heavy (non-hydrogen) atoms. The third kappa shape index (κ3) is 2.20. The fourth-order valence-electron chi connectivity index (χ4n) is 1.92. The summed E-state index contributed by atoms with van der Waals surface area (Å²) in [6, 6.07) is 8.03. The van der Waals surface area contributed by atoms with E-state index < -0.39 is 4.92 Å². The molecule has 0 aliphatic carbocycles. The second kappa shape index (κ2) is 4.64. The second-order valence-electron chi connectivity index (χ2n) is 4.01. The number of rotatable bonds is 3. The summed E-state index contributed by atoms with van der Waals surface area (Å²) in [6.07, 6.45) is 1.48. The van der Waals surface area contributed by atoms with Gasteiger partial charge in [0.05, 0.1) is 17.8 Å². The van der Waals surface area contributed by atoms with Gasteiger partial charge in [-0.2, -0.15) is 4.68 Å². The molecule has 0 unspecified atom stereocenters. The molecule has 96 valence electrons.